The Kier molecular flexibility index (Phi) is 4.75. The van der Waals surface area contributed by atoms with E-state index in [2.05, 4.69) is 52.2 Å². The fourth-order valence-corrected chi connectivity index (χ4v) is 3.17. The Morgan fingerprint density at radius 1 is 1.40 bits per heavy atom. The van der Waals surface area contributed by atoms with Crippen LogP contribution in [0.1, 0.15) is 26.3 Å². The number of nitrogens with zero attached hydrogens (tertiary/aromatic N) is 2. The highest BCUT2D eigenvalue weighted by Crippen LogP contribution is 2.27. The first-order valence-electron chi connectivity index (χ1n) is 6.28. The van der Waals surface area contributed by atoms with Crippen LogP contribution in [0.3, 0.4) is 0 Å². The van der Waals surface area contributed by atoms with Crippen molar-refractivity contribution in [2.75, 3.05) is 12.9 Å². The fraction of sp³-hybridized carbons (Fsp3) is 0.429. The molecule has 4 nitrogen and oxygen atoms in total. The van der Waals surface area contributed by atoms with E-state index in [9.17, 15) is 0 Å². The fourth-order valence-electron chi connectivity index (χ4n) is 1.67. The molecule has 0 saturated carbocycles. The molecule has 6 heteroatoms. The van der Waals surface area contributed by atoms with Gasteiger partial charge in [-0.3, -0.25) is 10.4 Å². The number of rotatable bonds is 2. The summed E-state index contributed by atoms with van der Waals surface area (Å²) in [7, 11) is 1.66. The second-order valence-corrected chi connectivity index (χ2v) is 7.21. The van der Waals surface area contributed by atoms with Crippen molar-refractivity contribution in [2.45, 2.75) is 26.3 Å². The van der Waals surface area contributed by atoms with Crippen LogP contribution in [-0.4, -0.2) is 29.3 Å². The smallest absolute Gasteiger partial charge is 0.178 e. The third-order valence-electron chi connectivity index (χ3n) is 2.55. The molecule has 20 heavy (non-hydrogen) atoms. The van der Waals surface area contributed by atoms with E-state index in [1.54, 1.807) is 18.9 Å². The van der Waals surface area contributed by atoms with Gasteiger partial charge < -0.3 is 4.74 Å². The number of hydrogen-bond acceptors (Lipinski definition) is 4. The molecule has 2 rings (SSSR count). The van der Waals surface area contributed by atoms with Crippen molar-refractivity contribution in [3.63, 3.8) is 0 Å². The van der Waals surface area contributed by atoms with E-state index >= 15 is 0 Å². The summed E-state index contributed by atoms with van der Waals surface area (Å²) in [6.45, 7) is 6.21. The molecule has 0 radical (unpaired) electrons. The molecule has 0 fully saturated rings. The molecule has 1 aromatic carbocycles. The second-order valence-electron chi connectivity index (χ2n) is 5.40. The van der Waals surface area contributed by atoms with E-state index in [0.717, 1.165) is 32.4 Å². The first kappa shape index (κ1) is 15.4. The van der Waals surface area contributed by atoms with Crippen LogP contribution >= 0.6 is 27.7 Å². The van der Waals surface area contributed by atoms with Gasteiger partial charge >= 0.3 is 0 Å². The minimum absolute atomic E-state index is 0.0918. The van der Waals surface area contributed by atoms with E-state index in [0.29, 0.717) is 0 Å². The molecule has 1 N–H and O–H groups in total. The van der Waals surface area contributed by atoms with Crippen molar-refractivity contribution in [3.05, 3.63) is 28.2 Å². The molecule has 0 atom stereocenters. The molecule has 0 amide bonds. The van der Waals surface area contributed by atoms with Gasteiger partial charge in [0.15, 0.2) is 5.17 Å². The van der Waals surface area contributed by atoms with Crippen molar-refractivity contribution in [1.29, 1.82) is 0 Å². The molecule has 1 heterocycles. The molecular formula is C14H18BrN3OS. The molecule has 108 valence electrons. The van der Waals surface area contributed by atoms with Crippen LogP contribution in [0.4, 0.5) is 0 Å². The highest BCUT2D eigenvalue weighted by Gasteiger charge is 2.17. The molecule has 0 aromatic heterocycles. The zero-order chi connectivity index (χ0) is 14.8. The van der Waals surface area contributed by atoms with Gasteiger partial charge in [-0.2, -0.15) is 5.10 Å². The predicted molar refractivity (Wildman–Crippen MR) is 90.0 cm³/mol. The molecule has 0 unspecified atom stereocenters. The van der Waals surface area contributed by atoms with Crippen LogP contribution in [-0.2, 0) is 0 Å². The number of hydrazone groups is 1. The number of benzene rings is 1. The van der Waals surface area contributed by atoms with Gasteiger partial charge in [0.25, 0.3) is 0 Å². The summed E-state index contributed by atoms with van der Waals surface area (Å²) >= 11 is 5.16. The number of aliphatic imine (C=N–C) groups is 1. The van der Waals surface area contributed by atoms with Gasteiger partial charge in [0.1, 0.15) is 5.75 Å². The van der Waals surface area contributed by atoms with Gasteiger partial charge in [0.05, 0.1) is 22.8 Å². The van der Waals surface area contributed by atoms with Crippen molar-refractivity contribution in [3.8, 4) is 5.75 Å². The van der Waals surface area contributed by atoms with Gasteiger partial charge in [0.2, 0.25) is 0 Å². The summed E-state index contributed by atoms with van der Waals surface area (Å²) in [5, 5.41) is 5.28. The van der Waals surface area contributed by atoms with E-state index in [4.69, 9.17) is 4.74 Å². The highest BCUT2D eigenvalue weighted by molar-refractivity contribution is 9.10. The highest BCUT2D eigenvalue weighted by atomic mass is 79.9. The monoisotopic (exact) mass is 355 g/mol. The number of thioether (sulfide) groups is 1. The summed E-state index contributed by atoms with van der Waals surface area (Å²) in [6, 6.07) is 5.97. The molecule has 0 spiro atoms. The van der Waals surface area contributed by atoms with Crippen molar-refractivity contribution in [2.24, 2.45) is 10.1 Å². The lowest BCUT2D eigenvalue weighted by molar-refractivity contribution is 0.412. The second kappa shape index (κ2) is 6.18. The van der Waals surface area contributed by atoms with E-state index in [-0.39, 0.29) is 5.54 Å². The van der Waals surface area contributed by atoms with Crippen molar-refractivity contribution >= 4 is 38.6 Å². The Hall–Kier alpha value is -1.01. The van der Waals surface area contributed by atoms with Crippen molar-refractivity contribution in [1.82, 2.24) is 5.43 Å². The molecule has 0 aliphatic carbocycles. The number of amidine groups is 1. The van der Waals surface area contributed by atoms with E-state index in [1.807, 2.05) is 18.2 Å². The largest absolute Gasteiger partial charge is 0.496 e. The standard InChI is InChI=1S/C14H18BrN3OS/c1-14(2,3)16-13-18-17-11(8-20-13)9-5-6-12(19-4)10(15)7-9/h5-7H,8H2,1-4H3,(H,16,18). The van der Waals surface area contributed by atoms with E-state index < -0.39 is 0 Å². The Bertz CT molecular complexity index is 564. The SMILES string of the molecule is COc1ccc(C2=NNC(=NC(C)(C)C)SC2)cc1Br. The van der Waals surface area contributed by atoms with Gasteiger partial charge in [-0.05, 0) is 60.5 Å². The van der Waals surface area contributed by atoms with E-state index in [1.165, 1.54) is 0 Å². The number of hydrogen-bond donors (Lipinski definition) is 1. The minimum atomic E-state index is -0.0918. The lowest BCUT2D eigenvalue weighted by Crippen LogP contribution is -2.28. The normalized spacial score (nSPS) is 17.6. The zero-order valence-corrected chi connectivity index (χ0v) is 14.4. The third-order valence-corrected chi connectivity index (χ3v) is 4.05. The van der Waals surface area contributed by atoms with Crippen LogP contribution in [0, 0.1) is 0 Å². The molecule has 1 aliphatic rings. The molecule has 1 aromatic rings. The number of methoxy groups -OCH3 is 1. The molecule has 1 aliphatic heterocycles. The first-order valence-corrected chi connectivity index (χ1v) is 8.06. The average Bonchev–Trinajstić information content (AvgIpc) is 2.37. The maximum atomic E-state index is 5.23. The first-order chi connectivity index (χ1) is 9.39. The third kappa shape index (κ3) is 3.99. The van der Waals surface area contributed by atoms with Gasteiger partial charge in [0, 0.05) is 5.75 Å². The Morgan fingerprint density at radius 3 is 2.65 bits per heavy atom. The Labute approximate surface area is 132 Å². The quantitative estimate of drug-likeness (QED) is 0.880. The van der Waals surface area contributed by atoms with Gasteiger partial charge in [-0.1, -0.05) is 11.8 Å². The summed E-state index contributed by atoms with van der Waals surface area (Å²) in [5.74, 6) is 1.63. The summed E-state index contributed by atoms with van der Waals surface area (Å²) in [6.07, 6.45) is 0. The minimum Gasteiger partial charge on any atom is -0.496 e. The number of ether oxygens (including phenoxy) is 1. The molecular weight excluding hydrogens is 338 g/mol. The molecule has 0 bridgehead atoms. The predicted octanol–water partition coefficient (Wildman–Crippen LogP) is 3.65. The zero-order valence-electron chi connectivity index (χ0n) is 12.0. The van der Waals surface area contributed by atoms with Gasteiger partial charge in [-0.25, -0.2) is 0 Å². The van der Waals surface area contributed by atoms with Gasteiger partial charge in [-0.15, -0.1) is 0 Å². The summed E-state index contributed by atoms with van der Waals surface area (Å²) in [5.41, 5.74) is 5.02. The van der Waals surface area contributed by atoms with Crippen LogP contribution < -0.4 is 10.2 Å². The Morgan fingerprint density at radius 2 is 2.15 bits per heavy atom. The topological polar surface area (TPSA) is 46.0 Å². The van der Waals surface area contributed by atoms with Crippen LogP contribution in [0.25, 0.3) is 0 Å². The maximum Gasteiger partial charge on any atom is 0.178 e. The lowest BCUT2D eigenvalue weighted by atomic mass is 10.1. The number of nitrogens with one attached hydrogen (secondary N) is 1. The lowest BCUT2D eigenvalue weighted by Gasteiger charge is -2.19. The maximum absolute atomic E-state index is 5.23. The summed E-state index contributed by atoms with van der Waals surface area (Å²) < 4.78 is 6.16. The number of halogens is 1. The molecule has 0 saturated heterocycles. The average molecular weight is 356 g/mol. The van der Waals surface area contributed by atoms with Crippen LogP contribution in [0.2, 0.25) is 0 Å². The Balaban J connectivity index is 2.16. The summed E-state index contributed by atoms with van der Waals surface area (Å²) in [4.78, 5) is 4.57. The van der Waals surface area contributed by atoms with Crippen molar-refractivity contribution < 1.29 is 4.74 Å². The van der Waals surface area contributed by atoms with Crippen LogP contribution in [0.15, 0.2) is 32.8 Å². The van der Waals surface area contributed by atoms with Crippen LogP contribution in [0.5, 0.6) is 5.75 Å².